The lowest BCUT2D eigenvalue weighted by molar-refractivity contribution is -0.153. The molecule has 0 saturated carbocycles. The van der Waals surface area contributed by atoms with Crippen molar-refractivity contribution in [2.24, 2.45) is 11.3 Å². The van der Waals surface area contributed by atoms with Crippen LogP contribution >= 0.6 is 0 Å². The van der Waals surface area contributed by atoms with Gasteiger partial charge in [-0.05, 0) is 25.2 Å². The molecule has 2 N–H and O–H groups in total. The normalized spacial score (nSPS) is 12.9. The second kappa shape index (κ2) is 8.64. The van der Waals surface area contributed by atoms with Gasteiger partial charge in [-0.25, -0.2) is 4.79 Å². The Morgan fingerprint density at radius 3 is 2.05 bits per heavy atom. The van der Waals surface area contributed by atoms with Gasteiger partial charge < -0.3 is 15.2 Å². The molecule has 21 heavy (non-hydrogen) atoms. The monoisotopic (exact) mass is 301 g/mol. The van der Waals surface area contributed by atoms with Crippen molar-refractivity contribution in [2.45, 2.75) is 59.4 Å². The van der Waals surface area contributed by atoms with Crippen LogP contribution in [-0.4, -0.2) is 36.1 Å². The first-order valence-electron chi connectivity index (χ1n) is 7.33. The van der Waals surface area contributed by atoms with E-state index in [0.717, 1.165) is 0 Å². The molecule has 0 bridgehead atoms. The average Bonchev–Trinajstić information content (AvgIpc) is 2.42. The number of methoxy groups -OCH3 is 1. The lowest BCUT2D eigenvalue weighted by Gasteiger charge is -2.27. The van der Waals surface area contributed by atoms with E-state index in [-0.39, 0.29) is 12.3 Å². The molecule has 0 saturated heterocycles. The maximum absolute atomic E-state index is 12.1. The molecule has 122 valence electrons. The number of ether oxygens (including phenoxy) is 1. The average molecular weight is 301 g/mol. The van der Waals surface area contributed by atoms with Crippen LogP contribution < -0.4 is 5.32 Å². The largest absolute Gasteiger partial charge is 0.481 e. The summed E-state index contributed by atoms with van der Waals surface area (Å²) >= 11 is 0. The quantitative estimate of drug-likeness (QED) is 0.635. The lowest BCUT2D eigenvalue weighted by Crippen LogP contribution is -2.45. The van der Waals surface area contributed by atoms with Gasteiger partial charge in [0, 0.05) is 6.42 Å². The third-order valence-electron chi connectivity index (χ3n) is 3.83. The van der Waals surface area contributed by atoms with Crippen LogP contribution in [0.15, 0.2) is 0 Å². The molecular weight excluding hydrogens is 274 g/mol. The zero-order valence-corrected chi connectivity index (χ0v) is 13.6. The summed E-state index contributed by atoms with van der Waals surface area (Å²) in [7, 11) is 1.27. The molecule has 0 aliphatic carbocycles. The smallest absolute Gasteiger partial charge is 0.328 e. The highest BCUT2D eigenvalue weighted by Crippen LogP contribution is 2.31. The first-order valence-corrected chi connectivity index (χ1v) is 7.33. The van der Waals surface area contributed by atoms with Gasteiger partial charge in [0.05, 0.1) is 12.5 Å². The fraction of sp³-hybridized carbons (Fsp3) is 0.800. The summed E-state index contributed by atoms with van der Waals surface area (Å²) in [4.78, 5) is 35.2. The van der Waals surface area contributed by atoms with Crippen molar-refractivity contribution in [1.29, 1.82) is 0 Å². The molecule has 0 aromatic carbocycles. The van der Waals surface area contributed by atoms with Crippen LogP contribution in [0.4, 0.5) is 0 Å². The SMILES string of the molecule is CCC(CC)(CC(=O)NC(CC(C)C)C(=O)OC)C(=O)O. The predicted molar refractivity (Wildman–Crippen MR) is 78.7 cm³/mol. The molecule has 0 aromatic rings. The second-order valence-corrected chi connectivity index (χ2v) is 5.74. The van der Waals surface area contributed by atoms with Crippen LogP contribution in [0.5, 0.6) is 0 Å². The molecule has 0 heterocycles. The minimum absolute atomic E-state index is 0.138. The number of carbonyl (C=O) groups excluding carboxylic acids is 2. The van der Waals surface area contributed by atoms with E-state index in [0.29, 0.717) is 19.3 Å². The van der Waals surface area contributed by atoms with Crippen molar-refractivity contribution < 1.29 is 24.2 Å². The van der Waals surface area contributed by atoms with Gasteiger partial charge >= 0.3 is 11.9 Å². The fourth-order valence-electron chi connectivity index (χ4n) is 2.26. The number of aliphatic carboxylic acids is 1. The van der Waals surface area contributed by atoms with Crippen molar-refractivity contribution in [3.05, 3.63) is 0 Å². The van der Waals surface area contributed by atoms with Crippen molar-refractivity contribution in [2.75, 3.05) is 7.11 Å². The predicted octanol–water partition coefficient (Wildman–Crippen LogP) is 1.97. The molecule has 0 spiro atoms. The Hall–Kier alpha value is -1.59. The first kappa shape index (κ1) is 19.4. The van der Waals surface area contributed by atoms with Crippen LogP contribution in [0.1, 0.15) is 53.4 Å². The fourth-order valence-corrected chi connectivity index (χ4v) is 2.26. The maximum atomic E-state index is 12.1. The molecule has 6 heteroatoms. The number of carbonyl (C=O) groups is 3. The van der Waals surface area contributed by atoms with E-state index in [1.165, 1.54) is 7.11 Å². The topological polar surface area (TPSA) is 92.7 Å². The highest BCUT2D eigenvalue weighted by molar-refractivity contribution is 5.88. The van der Waals surface area contributed by atoms with Crippen molar-refractivity contribution >= 4 is 17.8 Å². The Morgan fingerprint density at radius 2 is 1.71 bits per heavy atom. The second-order valence-electron chi connectivity index (χ2n) is 5.74. The van der Waals surface area contributed by atoms with E-state index in [2.05, 4.69) is 10.1 Å². The van der Waals surface area contributed by atoms with Gasteiger partial charge in [0.1, 0.15) is 6.04 Å². The molecular formula is C15H27NO5. The highest BCUT2D eigenvalue weighted by Gasteiger charge is 2.38. The summed E-state index contributed by atoms with van der Waals surface area (Å²) in [5, 5.41) is 11.9. The number of carboxylic acids is 1. The molecule has 0 aliphatic rings. The minimum atomic E-state index is -1.08. The number of carboxylic acid groups (broad SMARTS) is 1. The Morgan fingerprint density at radius 1 is 1.19 bits per heavy atom. The first-order chi connectivity index (χ1) is 9.72. The van der Waals surface area contributed by atoms with Crippen LogP contribution in [-0.2, 0) is 19.1 Å². The number of hydrogen-bond donors (Lipinski definition) is 2. The van der Waals surface area contributed by atoms with Crippen LogP contribution in [0.25, 0.3) is 0 Å². The van der Waals surface area contributed by atoms with Gasteiger partial charge in [0.2, 0.25) is 5.91 Å². The molecule has 0 radical (unpaired) electrons. The number of hydrogen-bond acceptors (Lipinski definition) is 4. The zero-order valence-electron chi connectivity index (χ0n) is 13.6. The third-order valence-corrected chi connectivity index (χ3v) is 3.83. The van der Waals surface area contributed by atoms with Gasteiger partial charge in [-0.15, -0.1) is 0 Å². The summed E-state index contributed by atoms with van der Waals surface area (Å²) in [5.41, 5.74) is -1.08. The Kier molecular flexibility index (Phi) is 7.99. The Balaban J connectivity index is 4.90. The van der Waals surface area contributed by atoms with Gasteiger partial charge in [-0.2, -0.15) is 0 Å². The molecule has 6 nitrogen and oxygen atoms in total. The number of amides is 1. The van der Waals surface area contributed by atoms with E-state index in [9.17, 15) is 19.5 Å². The van der Waals surface area contributed by atoms with E-state index < -0.39 is 29.3 Å². The van der Waals surface area contributed by atoms with Crippen LogP contribution in [0.2, 0.25) is 0 Å². The molecule has 1 atom stereocenters. The van der Waals surface area contributed by atoms with E-state index in [1.54, 1.807) is 13.8 Å². The summed E-state index contributed by atoms with van der Waals surface area (Å²) in [6.45, 7) is 7.36. The van der Waals surface area contributed by atoms with Crippen LogP contribution in [0, 0.1) is 11.3 Å². The summed E-state index contributed by atoms with van der Waals surface area (Å²) in [5.74, 6) is -1.72. The van der Waals surface area contributed by atoms with Gasteiger partial charge in [0.15, 0.2) is 0 Å². The number of esters is 1. The van der Waals surface area contributed by atoms with Gasteiger partial charge in [0.25, 0.3) is 0 Å². The van der Waals surface area contributed by atoms with Crippen molar-refractivity contribution in [3.8, 4) is 0 Å². The molecule has 0 aromatic heterocycles. The van der Waals surface area contributed by atoms with E-state index in [1.807, 2.05) is 13.8 Å². The lowest BCUT2D eigenvalue weighted by atomic mass is 9.79. The van der Waals surface area contributed by atoms with Crippen molar-refractivity contribution in [1.82, 2.24) is 5.32 Å². The summed E-state index contributed by atoms with van der Waals surface area (Å²) < 4.78 is 4.67. The standard InChI is InChI=1S/C15H27NO5/c1-6-15(7-2,14(19)20)9-12(17)16-11(8-10(3)4)13(18)21-5/h10-11H,6-9H2,1-5H3,(H,16,17)(H,19,20). The maximum Gasteiger partial charge on any atom is 0.328 e. The molecule has 0 rings (SSSR count). The Labute approximate surface area is 126 Å². The van der Waals surface area contributed by atoms with Crippen molar-refractivity contribution in [3.63, 3.8) is 0 Å². The minimum Gasteiger partial charge on any atom is -0.481 e. The molecule has 0 fully saturated rings. The summed E-state index contributed by atoms with van der Waals surface area (Å²) in [6, 6.07) is -0.734. The van der Waals surface area contributed by atoms with Gasteiger partial charge in [-0.3, -0.25) is 9.59 Å². The van der Waals surface area contributed by atoms with E-state index in [4.69, 9.17) is 0 Å². The third kappa shape index (κ3) is 5.73. The molecule has 1 amide bonds. The Bertz CT molecular complexity index is 374. The molecule has 0 aliphatic heterocycles. The molecule has 1 unspecified atom stereocenters. The van der Waals surface area contributed by atoms with E-state index >= 15 is 0 Å². The highest BCUT2D eigenvalue weighted by atomic mass is 16.5. The summed E-state index contributed by atoms with van der Waals surface area (Å²) in [6.07, 6.45) is 1.04. The van der Waals surface area contributed by atoms with Gasteiger partial charge in [-0.1, -0.05) is 27.7 Å². The zero-order chi connectivity index (χ0) is 16.6. The van der Waals surface area contributed by atoms with Crippen LogP contribution in [0.3, 0.4) is 0 Å². The number of rotatable bonds is 9. The number of nitrogens with one attached hydrogen (secondary N) is 1.